The minimum atomic E-state index is -0.0604. The molecule has 1 aromatic heterocycles. The van der Waals surface area contributed by atoms with E-state index in [1.54, 1.807) is 6.07 Å². The van der Waals surface area contributed by atoms with Gasteiger partial charge in [0.2, 0.25) is 0 Å². The molecule has 1 heterocycles. The molecule has 0 spiro atoms. The third kappa shape index (κ3) is 2.17. The molecule has 1 fully saturated rings. The largest absolute Gasteiger partial charge is 0.504 e. The summed E-state index contributed by atoms with van der Waals surface area (Å²) in [6, 6.07) is 1.72. The Balaban J connectivity index is 2.07. The van der Waals surface area contributed by atoms with Gasteiger partial charge in [-0.3, -0.25) is 0 Å². The van der Waals surface area contributed by atoms with Crippen molar-refractivity contribution in [1.82, 2.24) is 0 Å². The zero-order chi connectivity index (χ0) is 18.1. The summed E-state index contributed by atoms with van der Waals surface area (Å²) in [7, 11) is 0. The van der Waals surface area contributed by atoms with Crippen LogP contribution in [0.5, 0.6) is 11.5 Å². The molecule has 0 saturated heterocycles. The van der Waals surface area contributed by atoms with E-state index in [4.69, 9.17) is 4.42 Å². The number of fused-ring (bicyclic) bond motifs is 5. The number of benzene rings is 1. The summed E-state index contributed by atoms with van der Waals surface area (Å²) in [4.78, 5) is 0. The molecule has 3 atom stereocenters. The minimum Gasteiger partial charge on any atom is -0.504 e. The number of aryl methyl sites for hydroxylation is 1. The molecule has 2 aliphatic carbocycles. The summed E-state index contributed by atoms with van der Waals surface area (Å²) >= 11 is 0. The highest BCUT2D eigenvalue weighted by Crippen LogP contribution is 2.60. The Bertz CT molecular complexity index is 845. The predicted octanol–water partition coefficient (Wildman–Crippen LogP) is 6.13. The Morgan fingerprint density at radius 1 is 1.12 bits per heavy atom. The van der Waals surface area contributed by atoms with E-state index in [0.717, 1.165) is 29.6 Å². The van der Waals surface area contributed by atoms with E-state index >= 15 is 0 Å². The number of phenols is 2. The van der Waals surface area contributed by atoms with Gasteiger partial charge in [-0.2, -0.15) is 0 Å². The number of phenolic OH excluding ortho intramolecular Hbond substituents is 2. The van der Waals surface area contributed by atoms with Gasteiger partial charge >= 0.3 is 0 Å². The van der Waals surface area contributed by atoms with Crippen LogP contribution in [-0.4, -0.2) is 10.2 Å². The summed E-state index contributed by atoms with van der Waals surface area (Å²) in [5.41, 5.74) is 3.06. The van der Waals surface area contributed by atoms with Gasteiger partial charge in [0.05, 0.1) is 0 Å². The third-order valence-corrected chi connectivity index (χ3v) is 7.33. The van der Waals surface area contributed by atoms with Crippen LogP contribution in [0.15, 0.2) is 10.5 Å². The first kappa shape index (κ1) is 16.8. The molecule has 3 nitrogen and oxygen atoms in total. The molecule has 1 saturated carbocycles. The fourth-order valence-corrected chi connectivity index (χ4v) is 6.00. The normalized spacial score (nSPS) is 31.4. The molecule has 2 N–H and O–H groups in total. The lowest BCUT2D eigenvalue weighted by Gasteiger charge is -2.50. The van der Waals surface area contributed by atoms with Gasteiger partial charge in [0.15, 0.2) is 11.5 Å². The number of hydrogen-bond acceptors (Lipinski definition) is 3. The molecule has 0 bridgehead atoms. The fourth-order valence-electron chi connectivity index (χ4n) is 6.00. The first-order valence-corrected chi connectivity index (χ1v) is 9.65. The Hall–Kier alpha value is -1.64. The van der Waals surface area contributed by atoms with Crippen LogP contribution in [0, 0.1) is 18.3 Å². The van der Waals surface area contributed by atoms with Crippen molar-refractivity contribution in [2.45, 2.75) is 78.1 Å². The zero-order valence-corrected chi connectivity index (χ0v) is 16.1. The van der Waals surface area contributed by atoms with Crippen LogP contribution in [0.1, 0.15) is 82.6 Å². The summed E-state index contributed by atoms with van der Waals surface area (Å²) in [5.74, 6) is 1.94. The van der Waals surface area contributed by atoms with Gasteiger partial charge < -0.3 is 14.6 Å². The second kappa shape index (κ2) is 5.18. The highest BCUT2D eigenvalue weighted by atomic mass is 16.3. The maximum Gasteiger partial charge on any atom is 0.164 e. The molecule has 0 unspecified atom stereocenters. The first-order valence-electron chi connectivity index (χ1n) is 9.65. The van der Waals surface area contributed by atoms with Crippen LogP contribution in [0.25, 0.3) is 11.0 Å². The second-order valence-electron chi connectivity index (χ2n) is 9.38. The quantitative estimate of drug-likeness (QED) is 0.566. The molecule has 2 aromatic rings. The van der Waals surface area contributed by atoms with E-state index in [-0.39, 0.29) is 16.9 Å². The molecule has 136 valence electrons. The SMILES string of the molecule is Cc1c(O)c(O)cc2c3c(oc12)[C@H](C)CC[C@H]1C(C)(C)CCC[C@]31C. The van der Waals surface area contributed by atoms with Crippen molar-refractivity contribution in [3.63, 3.8) is 0 Å². The van der Waals surface area contributed by atoms with Gasteiger partial charge in [-0.25, -0.2) is 0 Å². The Kier molecular flexibility index (Phi) is 3.49. The minimum absolute atomic E-state index is 0.0410. The van der Waals surface area contributed by atoms with Crippen molar-refractivity contribution < 1.29 is 14.6 Å². The highest BCUT2D eigenvalue weighted by molar-refractivity contribution is 5.90. The Morgan fingerprint density at radius 2 is 1.84 bits per heavy atom. The number of aromatic hydroxyl groups is 2. The standard InChI is InChI=1S/C22H30O3/c1-12-7-8-16-21(3,4)9-6-10-22(16,5)17-14-11-15(23)18(24)13(2)20(14)25-19(12)17/h11-12,16,23-24H,6-10H2,1-5H3/t12-,16+,22+/m1/s1. The van der Waals surface area contributed by atoms with E-state index in [9.17, 15) is 10.2 Å². The molecule has 0 radical (unpaired) electrons. The Morgan fingerprint density at radius 3 is 2.56 bits per heavy atom. The van der Waals surface area contributed by atoms with Crippen molar-refractivity contribution in [2.24, 2.45) is 11.3 Å². The number of furan rings is 1. The zero-order valence-electron chi connectivity index (χ0n) is 16.1. The first-order chi connectivity index (χ1) is 11.7. The molecule has 0 aliphatic heterocycles. The van der Waals surface area contributed by atoms with Crippen molar-refractivity contribution in [3.05, 3.63) is 23.0 Å². The van der Waals surface area contributed by atoms with E-state index in [1.807, 2.05) is 6.92 Å². The third-order valence-electron chi connectivity index (χ3n) is 7.33. The maximum atomic E-state index is 10.2. The molecule has 1 aromatic carbocycles. The van der Waals surface area contributed by atoms with Crippen LogP contribution in [0.2, 0.25) is 0 Å². The van der Waals surface area contributed by atoms with Gasteiger partial charge in [0.1, 0.15) is 11.3 Å². The summed E-state index contributed by atoms with van der Waals surface area (Å²) in [6.45, 7) is 11.3. The lowest BCUT2D eigenvalue weighted by atomic mass is 9.53. The maximum absolute atomic E-state index is 10.2. The van der Waals surface area contributed by atoms with E-state index < -0.39 is 0 Å². The smallest absolute Gasteiger partial charge is 0.164 e. The van der Waals surface area contributed by atoms with Gasteiger partial charge in [-0.15, -0.1) is 0 Å². The van der Waals surface area contributed by atoms with Crippen molar-refractivity contribution in [3.8, 4) is 11.5 Å². The highest BCUT2D eigenvalue weighted by Gasteiger charge is 2.51. The second-order valence-corrected chi connectivity index (χ2v) is 9.38. The van der Waals surface area contributed by atoms with E-state index in [0.29, 0.717) is 22.8 Å². The van der Waals surface area contributed by atoms with Crippen LogP contribution in [0.3, 0.4) is 0 Å². The van der Waals surface area contributed by atoms with Crippen LogP contribution >= 0.6 is 0 Å². The van der Waals surface area contributed by atoms with Crippen LogP contribution in [-0.2, 0) is 5.41 Å². The van der Waals surface area contributed by atoms with Gasteiger partial charge in [-0.05, 0) is 55.4 Å². The average Bonchev–Trinajstić information content (AvgIpc) is 2.86. The van der Waals surface area contributed by atoms with E-state index in [1.165, 1.54) is 24.8 Å². The van der Waals surface area contributed by atoms with Crippen molar-refractivity contribution in [1.29, 1.82) is 0 Å². The number of rotatable bonds is 0. The molecular weight excluding hydrogens is 312 g/mol. The molecule has 3 heteroatoms. The van der Waals surface area contributed by atoms with Gasteiger partial charge in [-0.1, -0.05) is 34.1 Å². The van der Waals surface area contributed by atoms with E-state index in [2.05, 4.69) is 27.7 Å². The monoisotopic (exact) mass is 342 g/mol. The topological polar surface area (TPSA) is 53.6 Å². The lowest BCUT2D eigenvalue weighted by molar-refractivity contribution is 0.0504. The lowest BCUT2D eigenvalue weighted by Crippen LogP contribution is -2.44. The summed E-state index contributed by atoms with van der Waals surface area (Å²) < 4.78 is 6.36. The average molecular weight is 342 g/mol. The molecule has 4 rings (SSSR count). The Labute approximate surface area is 150 Å². The van der Waals surface area contributed by atoms with Crippen molar-refractivity contribution >= 4 is 11.0 Å². The number of hydrogen-bond donors (Lipinski definition) is 2. The molecule has 2 aliphatic rings. The molecule has 0 amide bonds. The van der Waals surface area contributed by atoms with Gasteiger partial charge in [0, 0.05) is 22.4 Å². The summed E-state index contributed by atoms with van der Waals surface area (Å²) in [6.07, 6.45) is 6.02. The van der Waals surface area contributed by atoms with Crippen molar-refractivity contribution in [2.75, 3.05) is 0 Å². The molecule has 25 heavy (non-hydrogen) atoms. The van der Waals surface area contributed by atoms with Crippen LogP contribution < -0.4 is 0 Å². The summed E-state index contributed by atoms with van der Waals surface area (Å²) in [5, 5.41) is 21.4. The molecular formula is C22H30O3. The predicted molar refractivity (Wildman–Crippen MR) is 100 cm³/mol. The van der Waals surface area contributed by atoms with Gasteiger partial charge in [0.25, 0.3) is 0 Å². The fraction of sp³-hybridized carbons (Fsp3) is 0.636. The van der Waals surface area contributed by atoms with Crippen LogP contribution in [0.4, 0.5) is 0 Å².